The van der Waals surface area contributed by atoms with Gasteiger partial charge in [-0.05, 0) is 34.1 Å². The Morgan fingerprint density at radius 3 is 2.56 bits per heavy atom. The van der Waals surface area contributed by atoms with Gasteiger partial charge in [0.25, 0.3) is 0 Å². The van der Waals surface area contributed by atoms with Crippen LogP contribution in [0.1, 0.15) is 51.4 Å². The molecule has 0 aliphatic heterocycles. The van der Waals surface area contributed by atoms with Crippen LogP contribution in [-0.4, -0.2) is 14.5 Å². The molecule has 0 aromatic carbocycles. The Morgan fingerprint density at radius 2 is 2.19 bits per heavy atom. The molecule has 1 rings (SSSR count). The normalized spacial score (nSPS) is 16.1. The molecule has 0 fully saturated rings. The van der Waals surface area contributed by atoms with Crippen molar-refractivity contribution in [2.45, 2.75) is 51.8 Å². The Morgan fingerprint density at radius 1 is 1.56 bits per heavy atom. The van der Waals surface area contributed by atoms with Crippen molar-refractivity contribution < 1.29 is 9.08 Å². The molecule has 2 atom stereocenters. The largest absolute Gasteiger partial charge is 0.598 e. The van der Waals surface area contributed by atoms with Gasteiger partial charge in [0.2, 0.25) is 0 Å². The van der Waals surface area contributed by atoms with Crippen molar-refractivity contribution >= 4 is 11.4 Å². The highest BCUT2D eigenvalue weighted by Gasteiger charge is 2.30. The van der Waals surface area contributed by atoms with Crippen LogP contribution in [0.5, 0.6) is 0 Å². The lowest BCUT2D eigenvalue weighted by molar-refractivity contribution is 0.413. The number of hydrogen-bond donors (Lipinski definition) is 1. The number of aryl methyl sites for hydroxylation is 1. The Balaban J connectivity index is 2.74. The number of hydrogen-bond acceptors (Lipinski definition) is 4. The maximum absolute atomic E-state index is 12.0. The van der Waals surface area contributed by atoms with Crippen LogP contribution < -0.4 is 4.72 Å². The molecule has 92 valence electrons. The quantitative estimate of drug-likeness (QED) is 0.827. The van der Waals surface area contributed by atoms with Crippen LogP contribution in [0, 0.1) is 6.92 Å². The van der Waals surface area contributed by atoms with Gasteiger partial charge in [-0.1, -0.05) is 12.1 Å². The average molecular weight is 244 g/mol. The maximum atomic E-state index is 12.0. The van der Waals surface area contributed by atoms with E-state index >= 15 is 0 Å². The Labute approximate surface area is 100 Å². The second kappa shape index (κ2) is 5.21. The molecule has 0 aliphatic rings. The lowest BCUT2D eigenvalue weighted by atomic mass is 10.1. The highest BCUT2D eigenvalue weighted by atomic mass is 32.2. The summed E-state index contributed by atoms with van der Waals surface area (Å²) in [6.07, 6.45) is 2.47. The molecule has 0 bridgehead atoms. The fourth-order valence-corrected chi connectivity index (χ4v) is 2.21. The van der Waals surface area contributed by atoms with Crippen LogP contribution in [0.15, 0.2) is 10.8 Å². The summed E-state index contributed by atoms with van der Waals surface area (Å²) in [5, 5.41) is 3.84. The zero-order chi connectivity index (χ0) is 12.3. The molecular weight excluding hydrogens is 224 g/mol. The van der Waals surface area contributed by atoms with Crippen molar-refractivity contribution in [1.29, 1.82) is 0 Å². The monoisotopic (exact) mass is 244 g/mol. The molecule has 4 nitrogen and oxygen atoms in total. The Bertz CT molecular complexity index is 333. The molecule has 0 saturated heterocycles. The highest BCUT2D eigenvalue weighted by molar-refractivity contribution is 7.90. The third kappa shape index (κ3) is 3.23. The van der Waals surface area contributed by atoms with E-state index < -0.39 is 11.4 Å². The zero-order valence-electron chi connectivity index (χ0n) is 10.5. The molecule has 1 N–H and O–H groups in total. The standard InChI is InChI=1S/C11H20N2O2S/c1-6-10(9-7-15-12-8(9)2)13-16(14)11(3,4)5/h7,10,13H,6H2,1-5H3/t10?,16-/m1/s1. The van der Waals surface area contributed by atoms with E-state index in [1.807, 2.05) is 34.6 Å². The van der Waals surface area contributed by atoms with Gasteiger partial charge in [0, 0.05) is 16.9 Å². The van der Waals surface area contributed by atoms with Crippen LogP contribution in [0.3, 0.4) is 0 Å². The van der Waals surface area contributed by atoms with Crippen LogP contribution in [0.2, 0.25) is 0 Å². The van der Waals surface area contributed by atoms with E-state index in [9.17, 15) is 4.55 Å². The van der Waals surface area contributed by atoms with Gasteiger partial charge in [-0.15, -0.1) is 4.72 Å². The number of nitrogens with zero attached hydrogens (tertiary/aromatic N) is 1. The summed E-state index contributed by atoms with van der Waals surface area (Å²) in [7, 11) is 0. The lowest BCUT2D eigenvalue weighted by Gasteiger charge is -2.27. The molecule has 5 heteroatoms. The molecule has 0 radical (unpaired) electrons. The fraction of sp³-hybridized carbons (Fsp3) is 0.727. The predicted molar refractivity (Wildman–Crippen MR) is 65.3 cm³/mol. The first-order valence-corrected chi connectivity index (χ1v) is 6.60. The topological polar surface area (TPSA) is 61.1 Å². The SMILES string of the molecule is CCC(N[S@+]([O-])C(C)(C)C)c1conc1C. The third-order valence-corrected chi connectivity index (χ3v) is 3.99. The number of rotatable bonds is 4. The van der Waals surface area contributed by atoms with Gasteiger partial charge in [0.05, 0.1) is 11.7 Å². The maximum Gasteiger partial charge on any atom is 0.136 e. The van der Waals surface area contributed by atoms with Crippen LogP contribution in [0.4, 0.5) is 0 Å². The molecule has 1 heterocycles. The van der Waals surface area contributed by atoms with Gasteiger partial charge in [-0.2, -0.15) is 0 Å². The van der Waals surface area contributed by atoms with Gasteiger partial charge in [0.15, 0.2) is 0 Å². The lowest BCUT2D eigenvalue weighted by Crippen LogP contribution is -2.41. The van der Waals surface area contributed by atoms with E-state index in [0.717, 1.165) is 17.7 Å². The summed E-state index contributed by atoms with van der Waals surface area (Å²) < 4.78 is 19.8. The van der Waals surface area contributed by atoms with Crippen LogP contribution in [0.25, 0.3) is 0 Å². The minimum atomic E-state index is -1.08. The number of nitrogens with one attached hydrogen (secondary N) is 1. The summed E-state index contributed by atoms with van der Waals surface area (Å²) in [5.41, 5.74) is 1.84. The van der Waals surface area contributed by atoms with E-state index in [2.05, 4.69) is 9.88 Å². The van der Waals surface area contributed by atoms with Crippen LogP contribution >= 0.6 is 0 Å². The molecule has 1 aromatic rings. The summed E-state index contributed by atoms with van der Waals surface area (Å²) in [4.78, 5) is 0. The van der Waals surface area contributed by atoms with Gasteiger partial charge >= 0.3 is 0 Å². The molecule has 0 saturated carbocycles. The molecule has 0 amide bonds. The predicted octanol–water partition coefficient (Wildman–Crippen LogP) is 2.49. The summed E-state index contributed by atoms with van der Waals surface area (Å²) in [6, 6.07) is 0.0336. The molecule has 16 heavy (non-hydrogen) atoms. The van der Waals surface area contributed by atoms with E-state index in [-0.39, 0.29) is 10.8 Å². The van der Waals surface area contributed by atoms with Crippen molar-refractivity contribution in [3.05, 3.63) is 17.5 Å². The van der Waals surface area contributed by atoms with Crippen LogP contribution in [-0.2, 0) is 11.4 Å². The van der Waals surface area contributed by atoms with Gasteiger partial charge < -0.3 is 9.08 Å². The molecule has 1 aromatic heterocycles. The minimum absolute atomic E-state index is 0.0336. The zero-order valence-corrected chi connectivity index (χ0v) is 11.4. The van der Waals surface area contributed by atoms with Crippen molar-refractivity contribution in [3.63, 3.8) is 0 Å². The molecule has 0 aliphatic carbocycles. The Kier molecular flexibility index (Phi) is 4.41. The fourth-order valence-electron chi connectivity index (χ4n) is 1.31. The average Bonchev–Trinajstić information content (AvgIpc) is 2.59. The van der Waals surface area contributed by atoms with E-state index in [1.54, 1.807) is 6.26 Å². The first kappa shape index (κ1) is 13.5. The molecule has 1 unspecified atom stereocenters. The second-order valence-corrected chi connectivity index (χ2v) is 6.81. The van der Waals surface area contributed by atoms with Crippen molar-refractivity contribution in [2.75, 3.05) is 0 Å². The second-order valence-electron chi connectivity index (χ2n) is 4.82. The first-order chi connectivity index (χ1) is 7.36. The van der Waals surface area contributed by atoms with Crippen molar-refractivity contribution in [3.8, 4) is 0 Å². The van der Waals surface area contributed by atoms with Crippen molar-refractivity contribution in [1.82, 2.24) is 9.88 Å². The smallest absolute Gasteiger partial charge is 0.136 e. The molecular formula is C11H20N2O2S. The van der Waals surface area contributed by atoms with E-state index in [0.29, 0.717) is 0 Å². The third-order valence-electron chi connectivity index (χ3n) is 2.38. The Hall–Kier alpha value is -0.520. The summed E-state index contributed by atoms with van der Waals surface area (Å²) >= 11 is -1.08. The summed E-state index contributed by atoms with van der Waals surface area (Å²) in [5.74, 6) is 0. The van der Waals surface area contributed by atoms with Crippen molar-refractivity contribution in [2.24, 2.45) is 0 Å². The first-order valence-electron chi connectivity index (χ1n) is 5.45. The minimum Gasteiger partial charge on any atom is -0.598 e. The van der Waals surface area contributed by atoms with Gasteiger partial charge in [0.1, 0.15) is 11.0 Å². The van der Waals surface area contributed by atoms with E-state index in [1.165, 1.54) is 0 Å². The van der Waals surface area contributed by atoms with E-state index in [4.69, 9.17) is 4.52 Å². The number of aromatic nitrogens is 1. The van der Waals surface area contributed by atoms with Gasteiger partial charge in [-0.25, -0.2) is 0 Å². The highest BCUT2D eigenvalue weighted by Crippen LogP contribution is 2.23. The van der Waals surface area contributed by atoms with Gasteiger partial charge in [-0.3, -0.25) is 0 Å². The molecule has 0 spiro atoms. The summed E-state index contributed by atoms with van der Waals surface area (Å²) in [6.45, 7) is 9.78.